The maximum atomic E-state index is 11.8. The van der Waals surface area contributed by atoms with Gasteiger partial charge in [0.25, 0.3) is 0 Å². The maximum absolute atomic E-state index is 11.8. The van der Waals surface area contributed by atoms with Gasteiger partial charge in [-0.05, 0) is 63.0 Å². The first-order valence-electron chi connectivity index (χ1n) is 7.90. The summed E-state index contributed by atoms with van der Waals surface area (Å²) in [6.07, 6.45) is 5.04. The van der Waals surface area contributed by atoms with E-state index in [9.17, 15) is 4.79 Å². The van der Waals surface area contributed by atoms with Gasteiger partial charge in [-0.3, -0.25) is 4.79 Å². The van der Waals surface area contributed by atoms with E-state index in [4.69, 9.17) is 4.74 Å². The summed E-state index contributed by atoms with van der Waals surface area (Å²) in [4.78, 5) is 14.3. The number of carbonyl (C=O) groups is 1. The van der Waals surface area contributed by atoms with Crippen molar-refractivity contribution < 1.29 is 9.53 Å². The molecule has 116 valence electrons. The van der Waals surface area contributed by atoms with Crippen molar-refractivity contribution in [1.82, 2.24) is 10.2 Å². The molecule has 0 radical (unpaired) electrons. The van der Waals surface area contributed by atoms with Crippen LogP contribution in [0.15, 0.2) is 24.3 Å². The highest BCUT2D eigenvalue weighted by Crippen LogP contribution is 2.12. The number of ether oxygens (including phenoxy) is 1. The van der Waals surface area contributed by atoms with Gasteiger partial charge in [0, 0.05) is 13.0 Å². The number of benzene rings is 1. The molecule has 1 fully saturated rings. The Morgan fingerprint density at radius 3 is 2.62 bits per heavy atom. The minimum Gasteiger partial charge on any atom is -0.497 e. The highest BCUT2D eigenvalue weighted by Gasteiger charge is 2.10. The third-order valence-corrected chi connectivity index (χ3v) is 3.97. The van der Waals surface area contributed by atoms with Gasteiger partial charge in [0.2, 0.25) is 5.91 Å². The van der Waals surface area contributed by atoms with Crippen LogP contribution in [-0.2, 0) is 11.2 Å². The molecule has 4 nitrogen and oxygen atoms in total. The number of methoxy groups -OCH3 is 1. The molecule has 21 heavy (non-hydrogen) atoms. The second-order valence-corrected chi connectivity index (χ2v) is 5.60. The van der Waals surface area contributed by atoms with Gasteiger partial charge >= 0.3 is 0 Å². The standard InChI is InChI=1S/C17H26N2O2/c1-21-16-8-5-15(6-9-16)7-10-17(20)18-11-4-14-19-12-2-3-13-19/h5-6,8-9H,2-4,7,10-14H2,1H3,(H,18,20). The summed E-state index contributed by atoms with van der Waals surface area (Å²) in [5.74, 6) is 0.998. The number of aryl methyl sites for hydroxylation is 1. The summed E-state index contributed by atoms with van der Waals surface area (Å²) in [5.41, 5.74) is 1.17. The van der Waals surface area contributed by atoms with Gasteiger partial charge in [-0.15, -0.1) is 0 Å². The molecule has 0 aliphatic carbocycles. The molecule has 2 rings (SSSR count). The fourth-order valence-electron chi connectivity index (χ4n) is 2.68. The molecule has 1 amide bonds. The first kappa shape index (κ1) is 15.8. The van der Waals surface area contributed by atoms with E-state index in [-0.39, 0.29) is 5.91 Å². The largest absolute Gasteiger partial charge is 0.497 e. The number of hydrogen-bond acceptors (Lipinski definition) is 3. The Labute approximate surface area is 127 Å². The fraction of sp³-hybridized carbons (Fsp3) is 0.588. The van der Waals surface area contributed by atoms with E-state index in [1.165, 1.54) is 31.5 Å². The highest BCUT2D eigenvalue weighted by atomic mass is 16.5. The number of nitrogens with zero attached hydrogens (tertiary/aromatic N) is 1. The van der Waals surface area contributed by atoms with Crippen LogP contribution in [0, 0.1) is 0 Å². The molecule has 0 bridgehead atoms. The Bertz CT molecular complexity index is 425. The normalized spacial score (nSPS) is 15.1. The summed E-state index contributed by atoms with van der Waals surface area (Å²) in [7, 11) is 1.66. The van der Waals surface area contributed by atoms with Crippen molar-refractivity contribution in [3.63, 3.8) is 0 Å². The van der Waals surface area contributed by atoms with E-state index in [1.54, 1.807) is 7.11 Å². The van der Waals surface area contributed by atoms with E-state index in [1.807, 2.05) is 24.3 Å². The Kier molecular flexibility index (Phi) is 6.54. The topological polar surface area (TPSA) is 41.6 Å². The monoisotopic (exact) mass is 290 g/mol. The Balaban J connectivity index is 1.56. The van der Waals surface area contributed by atoms with Crippen LogP contribution < -0.4 is 10.1 Å². The van der Waals surface area contributed by atoms with Crippen LogP contribution in [0.3, 0.4) is 0 Å². The molecule has 0 saturated carbocycles. The molecule has 0 unspecified atom stereocenters. The van der Waals surface area contributed by atoms with Crippen molar-refractivity contribution in [1.29, 1.82) is 0 Å². The molecule has 4 heteroatoms. The van der Waals surface area contributed by atoms with Gasteiger partial charge in [0.05, 0.1) is 7.11 Å². The lowest BCUT2D eigenvalue weighted by Crippen LogP contribution is -2.28. The molecule has 1 saturated heterocycles. The Morgan fingerprint density at radius 2 is 1.95 bits per heavy atom. The van der Waals surface area contributed by atoms with Crippen molar-refractivity contribution in [2.75, 3.05) is 33.3 Å². The van der Waals surface area contributed by atoms with E-state index < -0.39 is 0 Å². The zero-order valence-corrected chi connectivity index (χ0v) is 12.9. The summed E-state index contributed by atoms with van der Waals surface area (Å²) < 4.78 is 5.12. The second-order valence-electron chi connectivity index (χ2n) is 5.60. The Morgan fingerprint density at radius 1 is 1.24 bits per heavy atom. The fourth-order valence-corrected chi connectivity index (χ4v) is 2.68. The smallest absolute Gasteiger partial charge is 0.220 e. The molecule has 1 aliphatic rings. The molecule has 1 aromatic carbocycles. The van der Waals surface area contributed by atoms with Crippen LogP contribution in [0.2, 0.25) is 0 Å². The molecule has 1 aromatic rings. The molecule has 1 heterocycles. The van der Waals surface area contributed by atoms with Crippen molar-refractivity contribution in [3.8, 4) is 5.75 Å². The predicted molar refractivity (Wildman–Crippen MR) is 84.6 cm³/mol. The van der Waals surface area contributed by atoms with Crippen LogP contribution in [0.1, 0.15) is 31.2 Å². The van der Waals surface area contributed by atoms with Crippen LogP contribution in [-0.4, -0.2) is 44.1 Å². The molecule has 0 atom stereocenters. The van der Waals surface area contributed by atoms with Crippen molar-refractivity contribution >= 4 is 5.91 Å². The van der Waals surface area contributed by atoms with Crippen LogP contribution in [0.4, 0.5) is 0 Å². The van der Waals surface area contributed by atoms with Crippen LogP contribution in [0.5, 0.6) is 5.75 Å². The van der Waals surface area contributed by atoms with E-state index in [0.29, 0.717) is 6.42 Å². The average molecular weight is 290 g/mol. The van der Waals surface area contributed by atoms with E-state index in [0.717, 1.165) is 31.7 Å². The molecule has 1 N–H and O–H groups in total. The summed E-state index contributed by atoms with van der Waals surface area (Å²) in [6.45, 7) is 4.35. The first-order valence-corrected chi connectivity index (χ1v) is 7.90. The number of likely N-dealkylation sites (tertiary alicyclic amines) is 1. The lowest BCUT2D eigenvalue weighted by atomic mass is 10.1. The second kappa shape index (κ2) is 8.67. The minimum absolute atomic E-state index is 0.146. The Hall–Kier alpha value is -1.55. The zero-order chi connectivity index (χ0) is 14.9. The number of hydrogen-bond donors (Lipinski definition) is 1. The maximum Gasteiger partial charge on any atom is 0.220 e. The van der Waals surface area contributed by atoms with E-state index in [2.05, 4.69) is 10.2 Å². The quantitative estimate of drug-likeness (QED) is 0.747. The zero-order valence-electron chi connectivity index (χ0n) is 12.9. The lowest BCUT2D eigenvalue weighted by Gasteiger charge is -2.14. The van der Waals surface area contributed by atoms with Crippen molar-refractivity contribution in [2.24, 2.45) is 0 Å². The molecule has 0 spiro atoms. The summed E-state index contributed by atoms with van der Waals surface area (Å²) in [5, 5.41) is 3.01. The third kappa shape index (κ3) is 5.76. The third-order valence-electron chi connectivity index (χ3n) is 3.97. The minimum atomic E-state index is 0.146. The van der Waals surface area contributed by atoms with E-state index >= 15 is 0 Å². The van der Waals surface area contributed by atoms with Gasteiger partial charge in [0.1, 0.15) is 5.75 Å². The van der Waals surface area contributed by atoms with Crippen LogP contribution in [0.25, 0.3) is 0 Å². The van der Waals surface area contributed by atoms with Gasteiger partial charge < -0.3 is 15.0 Å². The molecule has 1 aliphatic heterocycles. The van der Waals surface area contributed by atoms with Gasteiger partial charge in [-0.1, -0.05) is 12.1 Å². The molecule has 0 aromatic heterocycles. The molecular formula is C17H26N2O2. The number of carbonyl (C=O) groups excluding carboxylic acids is 1. The van der Waals surface area contributed by atoms with Crippen LogP contribution >= 0.6 is 0 Å². The van der Waals surface area contributed by atoms with Crippen molar-refractivity contribution in [3.05, 3.63) is 29.8 Å². The average Bonchev–Trinajstić information content (AvgIpc) is 3.03. The highest BCUT2D eigenvalue weighted by molar-refractivity contribution is 5.76. The van der Waals surface area contributed by atoms with Crippen molar-refractivity contribution in [2.45, 2.75) is 32.1 Å². The SMILES string of the molecule is COc1ccc(CCC(=O)NCCCN2CCCC2)cc1. The number of amides is 1. The number of nitrogens with one attached hydrogen (secondary N) is 1. The van der Waals surface area contributed by atoms with Gasteiger partial charge in [0.15, 0.2) is 0 Å². The van der Waals surface area contributed by atoms with Gasteiger partial charge in [-0.25, -0.2) is 0 Å². The van der Waals surface area contributed by atoms with Gasteiger partial charge in [-0.2, -0.15) is 0 Å². The lowest BCUT2D eigenvalue weighted by molar-refractivity contribution is -0.121. The predicted octanol–water partition coefficient (Wildman–Crippen LogP) is 2.23. The number of rotatable bonds is 8. The summed E-state index contributed by atoms with van der Waals surface area (Å²) >= 11 is 0. The first-order chi connectivity index (χ1) is 10.3. The molecular weight excluding hydrogens is 264 g/mol. The summed E-state index contributed by atoms with van der Waals surface area (Å²) in [6, 6.07) is 7.89.